The Morgan fingerprint density at radius 1 is 1.28 bits per heavy atom. The summed E-state index contributed by atoms with van der Waals surface area (Å²) in [4.78, 5) is 4.33. The molecule has 1 aromatic carbocycles. The van der Waals surface area contributed by atoms with E-state index in [1.54, 1.807) is 11.3 Å². The molecule has 2 aromatic rings. The summed E-state index contributed by atoms with van der Waals surface area (Å²) in [5.41, 5.74) is 8.07. The molecule has 0 radical (unpaired) electrons. The lowest BCUT2D eigenvalue weighted by molar-refractivity contribution is 0.545. The molecule has 0 amide bonds. The summed E-state index contributed by atoms with van der Waals surface area (Å²) >= 11 is 1.67. The van der Waals surface area contributed by atoms with Gasteiger partial charge in [-0.05, 0) is 37.5 Å². The normalized spacial score (nSPS) is 12.7. The van der Waals surface area contributed by atoms with E-state index in [0.29, 0.717) is 0 Å². The summed E-state index contributed by atoms with van der Waals surface area (Å²) in [6.07, 6.45) is 2.67. The zero-order chi connectivity index (χ0) is 13.1. The molecule has 1 atom stereocenters. The van der Waals surface area contributed by atoms with Crippen molar-refractivity contribution in [1.82, 2.24) is 10.4 Å². The first-order valence-corrected chi connectivity index (χ1v) is 6.92. The Morgan fingerprint density at radius 2 is 1.94 bits per heavy atom. The third kappa shape index (κ3) is 2.77. The van der Waals surface area contributed by atoms with Crippen LogP contribution in [-0.2, 0) is 6.42 Å². The third-order valence-electron chi connectivity index (χ3n) is 3.15. The number of thiazole rings is 1. The third-order valence-corrected chi connectivity index (χ3v) is 3.95. The van der Waals surface area contributed by atoms with Crippen LogP contribution in [0.4, 0.5) is 0 Å². The Labute approximate surface area is 112 Å². The van der Waals surface area contributed by atoms with Crippen LogP contribution in [0.5, 0.6) is 0 Å². The van der Waals surface area contributed by atoms with Crippen molar-refractivity contribution >= 4 is 11.3 Å². The summed E-state index contributed by atoms with van der Waals surface area (Å²) in [6.45, 7) is 6.40. The van der Waals surface area contributed by atoms with Gasteiger partial charge >= 0.3 is 0 Å². The van der Waals surface area contributed by atoms with E-state index in [1.807, 2.05) is 11.6 Å². The van der Waals surface area contributed by atoms with E-state index in [0.717, 1.165) is 11.4 Å². The van der Waals surface area contributed by atoms with Crippen molar-refractivity contribution in [3.63, 3.8) is 0 Å². The first-order valence-electron chi connectivity index (χ1n) is 6.04. The molecular weight excluding hydrogens is 242 g/mol. The fourth-order valence-corrected chi connectivity index (χ4v) is 3.18. The van der Waals surface area contributed by atoms with Gasteiger partial charge in [-0.25, -0.2) is 4.98 Å². The summed E-state index contributed by atoms with van der Waals surface area (Å²) < 4.78 is 0. The summed E-state index contributed by atoms with van der Waals surface area (Å²) in [6, 6.07) is 4.53. The molecule has 4 heteroatoms. The monoisotopic (exact) mass is 261 g/mol. The molecule has 18 heavy (non-hydrogen) atoms. The first-order chi connectivity index (χ1) is 8.61. The van der Waals surface area contributed by atoms with Gasteiger partial charge in [0, 0.05) is 18.0 Å². The molecule has 0 aliphatic rings. The summed E-state index contributed by atoms with van der Waals surface area (Å²) in [5, 5.41) is 3.11. The number of hydrazine groups is 1. The van der Waals surface area contributed by atoms with Gasteiger partial charge in [0.05, 0.1) is 11.0 Å². The van der Waals surface area contributed by atoms with Crippen LogP contribution in [0.15, 0.2) is 23.7 Å². The van der Waals surface area contributed by atoms with Gasteiger partial charge in [-0.3, -0.25) is 11.3 Å². The lowest BCUT2D eigenvalue weighted by Gasteiger charge is -2.20. The number of nitrogens with zero attached hydrogens (tertiary/aromatic N) is 1. The van der Waals surface area contributed by atoms with Crippen molar-refractivity contribution in [3.05, 3.63) is 51.0 Å². The highest BCUT2D eigenvalue weighted by Crippen LogP contribution is 2.26. The molecule has 0 saturated carbocycles. The van der Waals surface area contributed by atoms with Gasteiger partial charge in [-0.2, -0.15) is 0 Å². The molecule has 3 nitrogen and oxygen atoms in total. The predicted molar refractivity (Wildman–Crippen MR) is 76.5 cm³/mol. The molecule has 1 heterocycles. The molecule has 2 rings (SSSR count). The van der Waals surface area contributed by atoms with Crippen molar-refractivity contribution in [2.75, 3.05) is 0 Å². The zero-order valence-electron chi connectivity index (χ0n) is 11.0. The smallest absolute Gasteiger partial charge is 0.0944 e. The van der Waals surface area contributed by atoms with Gasteiger partial charge < -0.3 is 0 Å². The van der Waals surface area contributed by atoms with Crippen LogP contribution in [0.3, 0.4) is 0 Å². The van der Waals surface area contributed by atoms with Crippen molar-refractivity contribution < 1.29 is 0 Å². The molecular formula is C14H19N3S. The molecule has 0 bridgehead atoms. The molecule has 0 aliphatic heterocycles. The van der Waals surface area contributed by atoms with E-state index in [1.165, 1.54) is 22.3 Å². The molecule has 1 aromatic heterocycles. The lowest BCUT2D eigenvalue weighted by atomic mass is 9.93. The fraction of sp³-hybridized carbons (Fsp3) is 0.357. The number of nitrogens with one attached hydrogen (secondary N) is 1. The molecule has 0 fully saturated rings. The van der Waals surface area contributed by atoms with E-state index in [-0.39, 0.29) is 6.04 Å². The number of hydrogen-bond acceptors (Lipinski definition) is 4. The number of aryl methyl sites for hydroxylation is 3. The Kier molecular flexibility index (Phi) is 4.11. The van der Waals surface area contributed by atoms with Crippen molar-refractivity contribution in [2.24, 2.45) is 5.84 Å². The van der Waals surface area contributed by atoms with Gasteiger partial charge in [-0.1, -0.05) is 17.7 Å². The van der Waals surface area contributed by atoms with Crippen molar-refractivity contribution in [3.8, 4) is 0 Å². The van der Waals surface area contributed by atoms with E-state index in [9.17, 15) is 0 Å². The Hall–Kier alpha value is -1.23. The van der Waals surface area contributed by atoms with Gasteiger partial charge in [-0.15, -0.1) is 11.3 Å². The topological polar surface area (TPSA) is 50.9 Å². The zero-order valence-corrected chi connectivity index (χ0v) is 11.8. The quantitative estimate of drug-likeness (QED) is 0.657. The summed E-state index contributed by atoms with van der Waals surface area (Å²) in [5.74, 6) is 5.72. The van der Waals surface area contributed by atoms with Crippen LogP contribution in [0, 0.1) is 20.8 Å². The second-order valence-corrected chi connectivity index (χ2v) is 5.64. The van der Waals surface area contributed by atoms with Crippen molar-refractivity contribution in [2.45, 2.75) is 33.2 Å². The van der Waals surface area contributed by atoms with E-state index >= 15 is 0 Å². The Morgan fingerprint density at radius 3 is 2.44 bits per heavy atom. The Bertz CT molecular complexity index is 497. The predicted octanol–water partition coefficient (Wildman–Crippen LogP) is 2.82. The average molecular weight is 261 g/mol. The molecule has 0 saturated heterocycles. The fourth-order valence-electron chi connectivity index (χ4n) is 2.51. The number of rotatable bonds is 4. The second kappa shape index (κ2) is 5.61. The van der Waals surface area contributed by atoms with E-state index in [2.05, 4.69) is 43.3 Å². The number of benzene rings is 1. The molecule has 96 valence electrons. The largest absolute Gasteiger partial charge is 0.271 e. The minimum atomic E-state index is 0.122. The second-order valence-electron chi connectivity index (χ2n) is 4.66. The SMILES string of the molecule is Cc1cc(C)c(C(Cc2nccs2)NN)c(C)c1. The minimum Gasteiger partial charge on any atom is -0.271 e. The van der Waals surface area contributed by atoms with Crippen LogP contribution in [0.1, 0.15) is 33.3 Å². The van der Waals surface area contributed by atoms with Crippen LogP contribution in [0.2, 0.25) is 0 Å². The Balaban J connectivity index is 2.33. The van der Waals surface area contributed by atoms with Crippen LogP contribution >= 0.6 is 11.3 Å². The maximum absolute atomic E-state index is 5.72. The average Bonchev–Trinajstić information content (AvgIpc) is 2.79. The van der Waals surface area contributed by atoms with Crippen LogP contribution in [-0.4, -0.2) is 4.98 Å². The first kappa shape index (κ1) is 13.2. The van der Waals surface area contributed by atoms with Crippen LogP contribution in [0.25, 0.3) is 0 Å². The highest BCUT2D eigenvalue weighted by Gasteiger charge is 2.16. The highest BCUT2D eigenvalue weighted by atomic mass is 32.1. The van der Waals surface area contributed by atoms with Gasteiger partial charge in [0.1, 0.15) is 0 Å². The standard InChI is InChI=1S/C14H19N3S/c1-9-6-10(2)14(11(3)7-9)12(17-15)8-13-16-4-5-18-13/h4-7,12,17H,8,15H2,1-3H3. The molecule has 0 aliphatic carbocycles. The van der Waals surface area contributed by atoms with Gasteiger partial charge in [0.15, 0.2) is 0 Å². The van der Waals surface area contributed by atoms with Crippen LogP contribution < -0.4 is 11.3 Å². The van der Waals surface area contributed by atoms with E-state index < -0.39 is 0 Å². The molecule has 3 N–H and O–H groups in total. The molecule has 0 spiro atoms. The van der Waals surface area contributed by atoms with Gasteiger partial charge in [0.2, 0.25) is 0 Å². The van der Waals surface area contributed by atoms with Crippen molar-refractivity contribution in [1.29, 1.82) is 0 Å². The maximum atomic E-state index is 5.72. The number of aromatic nitrogens is 1. The highest BCUT2D eigenvalue weighted by molar-refractivity contribution is 7.09. The van der Waals surface area contributed by atoms with Gasteiger partial charge in [0.25, 0.3) is 0 Å². The maximum Gasteiger partial charge on any atom is 0.0944 e. The summed E-state index contributed by atoms with van der Waals surface area (Å²) in [7, 11) is 0. The lowest BCUT2D eigenvalue weighted by Crippen LogP contribution is -2.30. The number of hydrogen-bond donors (Lipinski definition) is 2. The molecule has 1 unspecified atom stereocenters. The minimum absolute atomic E-state index is 0.122. The number of nitrogens with two attached hydrogens (primary N) is 1. The van der Waals surface area contributed by atoms with E-state index in [4.69, 9.17) is 5.84 Å².